The van der Waals surface area contributed by atoms with Gasteiger partial charge in [0, 0.05) is 6.61 Å². The minimum absolute atomic E-state index is 0.0128. The van der Waals surface area contributed by atoms with Crippen LogP contribution in [0, 0.1) is 11.2 Å². The second-order valence-electron chi connectivity index (χ2n) is 4.27. The molecule has 0 saturated heterocycles. The van der Waals surface area contributed by atoms with Gasteiger partial charge in [0.05, 0.1) is 7.11 Å². The van der Waals surface area contributed by atoms with Crippen LogP contribution in [0.1, 0.15) is 18.4 Å². The summed E-state index contributed by atoms with van der Waals surface area (Å²) in [5.74, 6) is -0.0130. The summed E-state index contributed by atoms with van der Waals surface area (Å²) < 4.78 is 18.4. The van der Waals surface area contributed by atoms with Gasteiger partial charge in [0.25, 0.3) is 0 Å². The molecule has 0 bridgehead atoms. The highest BCUT2D eigenvalue weighted by Gasteiger charge is 2.42. The largest absolute Gasteiger partial charge is 0.493 e. The number of hydrogen-bond donors (Lipinski definition) is 1. The first-order valence-electron chi connectivity index (χ1n) is 5.13. The molecule has 0 atom stereocenters. The van der Waals surface area contributed by atoms with E-state index in [2.05, 4.69) is 0 Å². The number of aliphatic hydroxyl groups is 1. The predicted molar refractivity (Wildman–Crippen MR) is 55.4 cm³/mol. The van der Waals surface area contributed by atoms with Crippen molar-refractivity contribution in [1.29, 1.82) is 0 Å². The summed E-state index contributed by atoms with van der Waals surface area (Å²) in [4.78, 5) is 0. The van der Waals surface area contributed by atoms with Crippen molar-refractivity contribution in [3.8, 4) is 5.75 Å². The Labute approximate surface area is 88.7 Å². The van der Waals surface area contributed by atoms with Crippen LogP contribution in [0.5, 0.6) is 5.75 Å². The van der Waals surface area contributed by atoms with Gasteiger partial charge in [-0.05, 0) is 36.3 Å². The lowest BCUT2D eigenvalue weighted by molar-refractivity contribution is 0.210. The molecule has 1 aromatic rings. The Hall–Kier alpha value is -1.09. The van der Waals surface area contributed by atoms with Crippen molar-refractivity contribution in [2.24, 2.45) is 5.41 Å². The molecule has 1 saturated carbocycles. The molecule has 1 N–H and O–H groups in total. The number of ether oxygens (including phenoxy) is 1. The molecule has 0 heterocycles. The van der Waals surface area contributed by atoms with Gasteiger partial charge in [-0.3, -0.25) is 0 Å². The molecule has 1 aliphatic carbocycles. The van der Waals surface area contributed by atoms with Crippen LogP contribution in [0.2, 0.25) is 0 Å². The Morgan fingerprint density at radius 3 is 2.73 bits per heavy atom. The molecular formula is C12H15FO2. The number of benzene rings is 1. The van der Waals surface area contributed by atoms with Crippen LogP contribution >= 0.6 is 0 Å². The van der Waals surface area contributed by atoms with E-state index >= 15 is 0 Å². The van der Waals surface area contributed by atoms with Crippen LogP contribution in [0.4, 0.5) is 4.39 Å². The van der Waals surface area contributed by atoms with Gasteiger partial charge < -0.3 is 9.84 Å². The quantitative estimate of drug-likeness (QED) is 0.825. The second-order valence-corrected chi connectivity index (χ2v) is 4.27. The zero-order valence-electron chi connectivity index (χ0n) is 8.79. The lowest BCUT2D eigenvalue weighted by Crippen LogP contribution is -2.11. The number of hydrogen-bond acceptors (Lipinski definition) is 2. The summed E-state index contributed by atoms with van der Waals surface area (Å²) >= 11 is 0. The highest BCUT2D eigenvalue weighted by atomic mass is 19.1. The molecule has 1 aliphatic rings. The van der Waals surface area contributed by atoms with Crippen molar-refractivity contribution in [3.05, 3.63) is 29.6 Å². The lowest BCUT2D eigenvalue weighted by atomic mass is 9.96. The van der Waals surface area contributed by atoms with E-state index in [1.165, 1.54) is 13.2 Å². The fourth-order valence-electron chi connectivity index (χ4n) is 1.89. The summed E-state index contributed by atoms with van der Waals surface area (Å²) in [6, 6.07) is 4.93. The monoisotopic (exact) mass is 210 g/mol. The van der Waals surface area contributed by atoms with Crippen molar-refractivity contribution in [3.63, 3.8) is 0 Å². The van der Waals surface area contributed by atoms with E-state index in [-0.39, 0.29) is 17.8 Å². The van der Waals surface area contributed by atoms with Crippen molar-refractivity contribution in [1.82, 2.24) is 0 Å². The zero-order valence-corrected chi connectivity index (χ0v) is 8.79. The van der Waals surface area contributed by atoms with Gasteiger partial charge in [-0.1, -0.05) is 12.1 Å². The lowest BCUT2D eigenvalue weighted by Gasteiger charge is -2.14. The maximum atomic E-state index is 13.4. The average molecular weight is 210 g/mol. The Bertz CT molecular complexity index is 359. The van der Waals surface area contributed by atoms with Crippen molar-refractivity contribution in [2.45, 2.75) is 19.3 Å². The summed E-state index contributed by atoms with van der Waals surface area (Å²) in [6.07, 6.45) is 2.73. The van der Waals surface area contributed by atoms with Crippen molar-refractivity contribution in [2.75, 3.05) is 13.7 Å². The van der Waals surface area contributed by atoms with Gasteiger partial charge in [0.15, 0.2) is 11.6 Å². The minimum atomic E-state index is -0.330. The van der Waals surface area contributed by atoms with Gasteiger partial charge in [-0.15, -0.1) is 0 Å². The van der Waals surface area contributed by atoms with Crippen LogP contribution in [0.25, 0.3) is 0 Å². The smallest absolute Gasteiger partial charge is 0.165 e. The third-order valence-corrected chi connectivity index (χ3v) is 3.11. The van der Waals surface area contributed by atoms with E-state index in [1.807, 2.05) is 6.07 Å². The number of rotatable bonds is 4. The van der Waals surface area contributed by atoms with Crippen LogP contribution in [-0.4, -0.2) is 18.8 Å². The predicted octanol–water partition coefficient (Wildman–Crippen LogP) is 2.15. The van der Waals surface area contributed by atoms with Crippen LogP contribution < -0.4 is 4.74 Å². The maximum Gasteiger partial charge on any atom is 0.165 e. The van der Waals surface area contributed by atoms with Crippen LogP contribution in [0.3, 0.4) is 0 Å². The number of para-hydroxylation sites is 1. The molecule has 2 nitrogen and oxygen atoms in total. The second kappa shape index (κ2) is 3.81. The Morgan fingerprint density at radius 2 is 2.20 bits per heavy atom. The fourth-order valence-corrected chi connectivity index (χ4v) is 1.89. The number of methoxy groups -OCH3 is 1. The zero-order chi connectivity index (χ0) is 10.9. The van der Waals surface area contributed by atoms with Crippen LogP contribution in [0.15, 0.2) is 18.2 Å². The van der Waals surface area contributed by atoms with Gasteiger partial charge in [-0.2, -0.15) is 0 Å². The SMILES string of the molecule is COc1c(F)cccc1CC1(CO)CC1. The summed E-state index contributed by atoms with van der Waals surface area (Å²) in [5.41, 5.74) is 0.838. The van der Waals surface area contributed by atoms with E-state index in [0.717, 1.165) is 18.4 Å². The molecule has 0 aliphatic heterocycles. The molecule has 0 aromatic heterocycles. The topological polar surface area (TPSA) is 29.5 Å². The molecule has 15 heavy (non-hydrogen) atoms. The number of halogens is 1. The molecule has 2 rings (SSSR count). The van der Waals surface area contributed by atoms with Crippen molar-refractivity contribution >= 4 is 0 Å². The molecule has 82 valence electrons. The highest BCUT2D eigenvalue weighted by molar-refractivity contribution is 5.36. The Kier molecular flexibility index (Phi) is 2.65. The number of aliphatic hydroxyl groups excluding tert-OH is 1. The first-order chi connectivity index (χ1) is 7.21. The molecule has 1 fully saturated rings. The molecule has 0 amide bonds. The van der Waals surface area contributed by atoms with Crippen LogP contribution in [-0.2, 0) is 6.42 Å². The fraction of sp³-hybridized carbons (Fsp3) is 0.500. The summed E-state index contributed by atoms with van der Waals surface area (Å²) in [5, 5.41) is 9.22. The minimum Gasteiger partial charge on any atom is -0.493 e. The Morgan fingerprint density at radius 1 is 1.47 bits per heavy atom. The van der Waals surface area contributed by atoms with E-state index in [9.17, 15) is 9.50 Å². The molecular weight excluding hydrogens is 195 g/mol. The third-order valence-electron chi connectivity index (χ3n) is 3.11. The van der Waals surface area contributed by atoms with Gasteiger partial charge in [0.1, 0.15) is 0 Å². The highest BCUT2D eigenvalue weighted by Crippen LogP contribution is 2.49. The maximum absolute atomic E-state index is 13.4. The summed E-state index contributed by atoms with van der Waals surface area (Å²) in [6.45, 7) is 0.173. The van der Waals surface area contributed by atoms with E-state index in [4.69, 9.17) is 4.74 Å². The molecule has 1 aromatic carbocycles. The molecule has 0 radical (unpaired) electrons. The third kappa shape index (κ3) is 1.97. The Balaban J connectivity index is 2.24. The van der Waals surface area contributed by atoms with Crippen molar-refractivity contribution < 1.29 is 14.2 Å². The van der Waals surface area contributed by atoms with E-state index < -0.39 is 0 Å². The summed E-state index contributed by atoms with van der Waals surface area (Å²) in [7, 11) is 1.47. The van der Waals surface area contributed by atoms with Gasteiger partial charge in [-0.25, -0.2) is 4.39 Å². The van der Waals surface area contributed by atoms with Gasteiger partial charge in [0.2, 0.25) is 0 Å². The first kappa shape index (κ1) is 10.4. The normalized spacial score (nSPS) is 17.5. The average Bonchev–Trinajstić information content (AvgIpc) is 2.99. The van der Waals surface area contributed by atoms with Gasteiger partial charge >= 0.3 is 0 Å². The first-order valence-corrected chi connectivity index (χ1v) is 5.13. The molecule has 0 unspecified atom stereocenters. The van der Waals surface area contributed by atoms with E-state index in [1.54, 1.807) is 6.07 Å². The molecule has 3 heteroatoms. The standard InChI is InChI=1S/C12H15FO2/c1-15-11-9(3-2-4-10(11)13)7-12(8-14)5-6-12/h2-4,14H,5-8H2,1H3. The molecule has 0 spiro atoms. The van der Waals surface area contributed by atoms with E-state index in [0.29, 0.717) is 12.2 Å².